The van der Waals surface area contributed by atoms with Crippen molar-refractivity contribution in [2.45, 2.75) is 341 Å². The molecule has 80 heavy (non-hydrogen) atoms. The number of unbranched alkanes of at least 4 members (excludes halogenated alkanes) is 35. The summed E-state index contributed by atoms with van der Waals surface area (Å²) in [5, 5.41) is 0. The van der Waals surface area contributed by atoms with Crippen molar-refractivity contribution in [3.63, 3.8) is 0 Å². The SMILES string of the molecule is CC/C=C\C/C=C\C/C=C\C/C=C\C/C=C\C/C=C\C/C=C\CCCCCCCCCCCCCCCC(=O)OCC(COC(=O)CCCCCCC/C=C\CCCCC)OC(=O)CCCCCCCCCCCCCCCCC. The second-order valence-corrected chi connectivity index (χ2v) is 22.7. The van der Waals surface area contributed by atoms with Crippen molar-refractivity contribution in [2.75, 3.05) is 13.2 Å². The first-order valence-corrected chi connectivity index (χ1v) is 34.2. The number of hydrogen-bond acceptors (Lipinski definition) is 6. The molecule has 0 spiro atoms. The molecule has 1 atom stereocenters. The van der Waals surface area contributed by atoms with Gasteiger partial charge < -0.3 is 14.2 Å². The van der Waals surface area contributed by atoms with E-state index in [9.17, 15) is 14.4 Å². The molecule has 1 unspecified atom stereocenters. The number of rotatable bonds is 62. The molecular weight excluding hydrogens is 985 g/mol. The molecule has 0 aliphatic rings. The number of carbonyl (C=O) groups excluding carboxylic acids is 3. The monoisotopic (exact) mass is 1110 g/mol. The van der Waals surface area contributed by atoms with E-state index in [4.69, 9.17) is 14.2 Å². The van der Waals surface area contributed by atoms with Crippen LogP contribution in [0.15, 0.2) is 97.2 Å². The van der Waals surface area contributed by atoms with Gasteiger partial charge in [0.25, 0.3) is 0 Å². The molecule has 6 nitrogen and oxygen atoms in total. The van der Waals surface area contributed by atoms with E-state index in [1.165, 1.54) is 186 Å². The van der Waals surface area contributed by atoms with Crippen LogP contribution in [0, 0.1) is 0 Å². The van der Waals surface area contributed by atoms with Crippen molar-refractivity contribution in [3.8, 4) is 0 Å². The van der Waals surface area contributed by atoms with Crippen LogP contribution >= 0.6 is 0 Å². The average Bonchev–Trinajstić information content (AvgIpc) is 3.46. The van der Waals surface area contributed by atoms with Crippen LogP contribution < -0.4 is 0 Å². The van der Waals surface area contributed by atoms with Gasteiger partial charge in [-0.1, -0.05) is 311 Å². The van der Waals surface area contributed by atoms with Crippen LogP contribution in [-0.4, -0.2) is 37.2 Å². The molecule has 0 aliphatic carbocycles. The van der Waals surface area contributed by atoms with E-state index in [0.717, 1.165) is 109 Å². The fraction of sp³-hybridized carbons (Fsp3) is 0.743. The van der Waals surface area contributed by atoms with Crippen LogP contribution in [0.25, 0.3) is 0 Å². The molecule has 0 bridgehead atoms. The molecule has 0 aromatic heterocycles. The van der Waals surface area contributed by atoms with Gasteiger partial charge in [-0.3, -0.25) is 14.4 Å². The van der Waals surface area contributed by atoms with Gasteiger partial charge in [-0.25, -0.2) is 0 Å². The van der Waals surface area contributed by atoms with E-state index < -0.39 is 6.10 Å². The van der Waals surface area contributed by atoms with E-state index in [-0.39, 0.29) is 31.1 Å². The van der Waals surface area contributed by atoms with Crippen molar-refractivity contribution in [1.82, 2.24) is 0 Å². The summed E-state index contributed by atoms with van der Waals surface area (Å²) in [6.07, 6.45) is 91.5. The summed E-state index contributed by atoms with van der Waals surface area (Å²) in [4.78, 5) is 38.3. The van der Waals surface area contributed by atoms with Crippen LogP contribution in [0.2, 0.25) is 0 Å². The Morgan fingerprint density at radius 2 is 0.487 bits per heavy atom. The average molecular weight is 1110 g/mol. The zero-order chi connectivity index (χ0) is 57.8. The Morgan fingerprint density at radius 3 is 0.800 bits per heavy atom. The molecule has 0 saturated heterocycles. The van der Waals surface area contributed by atoms with Crippen molar-refractivity contribution < 1.29 is 28.6 Å². The molecule has 0 rings (SSSR count). The third-order valence-corrected chi connectivity index (χ3v) is 14.8. The summed E-state index contributed by atoms with van der Waals surface area (Å²) in [6.45, 7) is 6.53. The maximum Gasteiger partial charge on any atom is 0.306 e. The van der Waals surface area contributed by atoms with Crippen molar-refractivity contribution in [1.29, 1.82) is 0 Å². The molecule has 0 saturated carbocycles. The summed E-state index contributed by atoms with van der Waals surface area (Å²) >= 11 is 0. The quantitative estimate of drug-likeness (QED) is 0.0261. The second-order valence-electron chi connectivity index (χ2n) is 22.7. The summed E-state index contributed by atoms with van der Waals surface area (Å²) in [5.74, 6) is -0.871. The van der Waals surface area contributed by atoms with E-state index >= 15 is 0 Å². The fourth-order valence-electron chi connectivity index (χ4n) is 9.71. The zero-order valence-corrected chi connectivity index (χ0v) is 52.8. The lowest BCUT2D eigenvalue weighted by Crippen LogP contribution is -2.30. The third-order valence-electron chi connectivity index (χ3n) is 14.8. The Balaban J connectivity index is 4.14. The highest BCUT2D eigenvalue weighted by Crippen LogP contribution is 2.17. The lowest BCUT2D eigenvalue weighted by molar-refractivity contribution is -0.167. The molecule has 0 fully saturated rings. The van der Waals surface area contributed by atoms with E-state index in [1.54, 1.807) is 0 Å². The van der Waals surface area contributed by atoms with Gasteiger partial charge in [0.05, 0.1) is 0 Å². The second kappa shape index (κ2) is 67.8. The highest BCUT2D eigenvalue weighted by Gasteiger charge is 2.19. The molecule has 6 heteroatoms. The minimum atomic E-state index is -0.778. The lowest BCUT2D eigenvalue weighted by Gasteiger charge is -2.18. The van der Waals surface area contributed by atoms with Crippen molar-refractivity contribution in [2.24, 2.45) is 0 Å². The molecule has 0 radical (unpaired) electrons. The molecule has 0 N–H and O–H groups in total. The Bertz CT molecular complexity index is 1560. The first-order valence-electron chi connectivity index (χ1n) is 34.2. The Morgan fingerprint density at radius 1 is 0.263 bits per heavy atom. The molecule has 0 aromatic carbocycles. The lowest BCUT2D eigenvalue weighted by atomic mass is 10.0. The van der Waals surface area contributed by atoms with Gasteiger partial charge in [0, 0.05) is 19.3 Å². The van der Waals surface area contributed by atoms with Crippen LogP contribution in [0.5, 0.6) is 0 Å². The summed E-state index contributed by atoms with van der Waals surface area (Å²) < 4.78 is 16.9. The standard InChI is InChI=1S/C74H128O6/c1-4-7-10-13-16-19-22-25-27-28-29-30-31-32-33-34-35-36-37-38-39-40-41-42-43-44-45-46-48-49-52-55-58-61-64-67-73(76)79-70-71(69-78-72(75)66-63-60-57-54-51-24-21-18-15-12-9-6-3)80-74(77)68-65-62-59-56-53-50-47-26-23-20-17-14-11-8-5-2/h7,10,16,18-19,21,25,27,29-30,32-33,35-36,38-39,71H,4-6,8-9,11-15,17,20,22-24,26,28,31,34,37,40-70H2,1-3H3/b10-7-,19-16-,21-18-,27-25-,30-29-,33-32-,36-35-,39-38-. The van der Waals surface area contributed by atoms with E-state index in [2.05, 4.69) is 118 Å². The highest BCUT2D eigenvalue weighted by molar-refractivity contribution is 5.71. The predicted octanol–water partition coefficient (Wildman–Crippen LogP) is 23.6. The fourth-order valence-corrected chi connectivity index (χ4v) is 9.71. The number of hydrogen-bond donors (Lipinski definition) is 0. The molecule has 0 aliphatic heterocycles. The van der Waals surface area contributed by atoms with Crippen LogP contribution in [0.3, 0.4) is 0 Å². The largest absolute Gasteiger partial charge is 0.462 e. The predicted molar refractivity (Wildman–Crippen MR) is 348 cm³/mol. The van der Waals surface area contributed by atoms with Gasteiger partial charge in [-0.15, -0.1) is 0 Å². The van der Waals surface area contributed by atoms with Crippen molar-refractivity contribution in [3.05, 3.63) is 97.2 Å². The topological polar surface area (TPSA) is 78.9 Å². The van der Waals surface area contributed by atoms with Gasteiger partial charge in [0.15, 0.2) is 6.10 Å². The van der Waals surface area contributed by atoms with Gasteiger partial charge in [-0.2, -0.15) is 0 Å². The van der Waals surface area contributed by atoms with Crippen LogP contribution in [-0.2, 0) is 28.6 Å². The van der Waals surface area contributed by atoms with Gasteiger partial charge >= 0.3 is 17.9 Å². The van der Waals surface area contributed by atoms with Gasteiger partial charge in [0.2, 0.25) is 0 Å². The summed E-state index contributed by atoms with van der Waals surface area (Å²) in [6, 6.07) is 0. The minimum absolute atomic E-state index is 0.0760. The van der Waals surface area contributed by atoms with Crippen molar-refractivity contribution >= 4 is 17.9 Å². The molecule has 0 heterocycles. The number of allylic oxidation sites excluding steroid dienone is 16. The van der Waals surface area contributed by atoms with Gasteiger partial charge in [0.1, 0.15) is 13.2 Å². The summed E-state index contributed by atoms with van der Waals surface area (Å²) in [7, 11) is 0. The van der Waals surface area contributed by atoms with Crippen LogP contribution in [0.1, 0.15) is 335 Å². The molecule has 460 valence electrons. The first-order chi connectivity index (χ1) is 39.5. The molecule has 0 amide bonds. The normalized spacial score (nSPS) is 12.7. The Hall–Kier alpha value is -3.67. The smallest absolute Gasteiger partial charge is 0.306 e. The molecular formula is C74H128O6. The minimum Gasteiger partial charge on any atom is -0.462 e. The van der Waals surface area contributed by atoms with E-state index in [1.807, 2.05) is 0 Å². The van der Waals surface area contributed by atoms with E-state index in [0.29, 0.717) is 19.3 Å². The van der Waals surface area contributed by atoms with Crippen LogP contribution in [0.4, 0.5) is 0 Å². The Kier molecular flexibility index (Phi) is 64.7. The molecule has 0 aromatic rings. The maximum absolute atomic E-state index is 12.9. The number of ether oxygens (including phenoxy) is 3. The number of esters is 3. The third kappa shape index (κ3) is 65.1. The zero-order valence-electron chi connectivity index (χ0n) is 52.8. The first kappa shape index (κ1) is 76.3. The highest BCUT2D eigenvalue weighted by atomic mass is 16.6. The summed E-state index contributed by atoms with van der Waals surface area (Å²) in [5.41, 5.74) is 0. The maximum atomic E-state index is 12.9. The van der Waals surface area contributed by atoms with Gasteiger partial charge in [-0.05, 0) is 103 Å². The Labute approximate surface area is 496 Å². The number of carbonyl (C=O) groups is 3.